The number of fused-ring (bicyclic) bond motifs is 1. The molecule has 3 atom stereocenters. The molecule has 0 aromatic carbocycles. The summed E-state index contributed by atoms with van der Waals surface area (Å²) in [6.45, 7) is 3.43. The van der Waals surface area contributed by atoms with Gasteiger partial charge in [0.1, 0.15) is 0 Å². The number of amides is 2. The van der Waals surface area contributed by atoms with Crippen molar-refractivity contribution in [2.75, 3.05) is 45.6 Å². The first-order valence-electron chi connectivity index (χ1n) is 8.70. The molecule has 3 saturated heterocycles. The number of carbonyl (C=O) groups is 2. The van der Waals surface area contributed by atoms with Crippen LogP contribution in [-0.4, -0.2) is 93.8 Å². The van der Waals surface area contributed by atoms with Crippen molar-refractivity contribution in [3.63, 3.8) is 0 Å². The molecule has 9 nitrogen and oxygen atoms in total. The van der Waals surface area contributed by atoms with Gasteiger partial charge in [0.15, 0.2) is 0 Å². The molecule has 2 N–H and O–H groups in total. The number of nitrogens with zero attached hydrogens (tertiary/aromatic N) is 2. The SMILES string of the molecule is CS(=O)(=O)NC1CC2C(=O)NCC(CCC(=O)N3CCOCC3)N2C1. The van der Waals surface area contributed by atoms with E-state index in [1.807, 2.05) is 9.80 Å². The average Bonchev–Trinajstić information content (AvgIpc) is 2.97. The second-order valence-electron chi connectivity index (χ2n) is 6.97. The molecule has 25 heavy (non-hydrogen) atoms. The lowest BCUT2D eigenvalue weighted by molar-refractivity contribution is -0.136. The van der Waals surface area contributed by atoms with Gasteiger partial charge in [-0.1, -0.05) is 0 Å². The molecular formula is C15H26N4O5S. The number of piperazine rings is 1. The Morgan fingerprint density at radius 2 is 2.08 bits per heavy atom. The lowest BCUT2D eigenvalue weighted by Gasteiger charge is -2.37. The zero-order chi connectivity index (χ0) is 18.0. The average molecular weight is 374 g/mol. The first-order valence-corrected chi connectivity index (χ1v) is 10.6. The molecule has 10 heteroatoms. The van der Waals surface area contributed by atoms with E-state index in [-0.39, 0.29) is 29.9 Å². The van der Waals surface area contributed by atoms with Crippen molar-refractivity contribution in [2.24, 2.45) is 0 Å². The third-order valence-corrected chi connectivity index (χ3v) is 5.82. The molecule has 0 bridgehead atoms. The summed E-state index contributed by atoms with van der Waals surface area (Å²) in [7, 11) is -3.31. The largest absolute Gasteiger partial charge is 0.378 e. The Morgan fingerprint density at radius 3 is 2.76 bits per heavy atom. The van der Waals surface area contributed by atoms with Crippen LogP contribution >= 0.6 is 0 Å². The fourth-order valence-corrected chi connectivity index (χ4v) is 4.67. The standard InChI is InChI=1S/C15H26N4O5S/c1-25(22,23)17-11-8-13-15(21)16-9-12(19(13)10-11)2-3-14(20)18-4-6-24-7-5-18/h11-13,17H,2-10H2,1H3,(H,16,21). The van der Waals surface area contributed by atoms with Crippen LogP contribution in [-0.2, 0) is 24.3 Å². The highest BCUT2D eigenvalue weighted by atomic mass is 32.2. The van der Waals surface area contributed by atoms with Crippen molar-refractivity contribution in [3.8, 4) is 0 Å². The predicted molar refractivity (Wildman–Crippen MR) is 90.3 cm³/mol. The van der Waals surface area contributed by atoms with Crippen molar-refractivity contribution >= 4 is 21.8 Å². The van der Waals surface area contributed by atoms with Gasteiger partial charge >= 0.3 is 0 Å². The van der Waals surface area contributed by atoms with E-state index in [4.69, 9.17) is 4.74 Å². The second kappa shape index (κ2) is 7.56. The predicted octanol–water partition coefficient (Wildman–Crippen LogP) is -1.88. The fourth-order valence-electron chi connectivity index (χ4n) is 3.89. The number of hydrogen-bond donors (Lipinski definition) is 2. The van der Waals surface area contributed by atoms with Gasteiger partial charge in [-0.25, -0.2) is 13.1 Å². The van der Waals surface area contributed by atoms with Gasteiger partial charge in [0.05, 0.1) is 25.5 Å². The number of nitrogens with one attached hydrogen (secondary N) is 2. The smallest absolute Gasteiger partial charge is 0.237 e. The molecule has 3 rings (SSSR count). The van der Waals surface area contributed by atoms with E-state index in [0.717, 1.165) is 6.26 Å². The number of hydrogen-bond acceptors (Lipinski definition) is 6. The van der Waals surface area contributed by atoms with E-state index in [1.165, 1.54) is 0 Å². The zero-order valence-electron chi connectivity index (χ0n) is 14.4. The number of rotatable bonds is 5. The molecule has 3 aliphatic heterocycles. The van der Waals surface area contributed by atoms with Crippen LogP contribution in [0.15, 0.2) is 0 Å². The van der Waals surface area contributed by atoms with Gasteiger partial charge in [0, 0.05) is 44.7 Å². The number of ether oxygens (including phenoxy) is 1. The second-order valence-corrected chi connectivity index (χ2v) is 8.75. The van der Waals surface area contributed by atoms with E-state index in [0.29, 0.717) is 58.7 Å². The van der Waals surface area contributed by atoms with Crippen molar-refractivity contribution < 1.29 is 22.7 Å². The van der Waals surface area contributed by atoms with E-state index in [2.05, 4.69) is 10.0 Å². The van der Waals surface area contributed by atoms with Gasteiger partial charge in [0.25, 0.3) is 0 Å². The molecule has 142 valence electrons. The summed E-state index contributed by atoms with van der Waals surface area (Å²) in [5, 5.41) is 2.89. The van der Waals surface area contributed by atoms with Gasteiger partial charge < -0.3 is 15.0 Å². The van der Waals surface area contributed by atoms with E-state index >= 15 is 0 Å². The number of carbonyl (C=O) groups excluding carboxylic acids is 2. The molecule has 3 heterocycles. The van der Waals surface area contributed by atoms with E-state index in [9.17, 15) is 18.0 Å². The van der Waals surface area contributed by atoms with Gasteiger partial charge in [-0.2, -0.15) is 0 Å². The van der Waals surface area contributed by atoms with Crippen LogP contribution in [0.4, 0.5) is 0 Å². The van der Waals surface area contributed by atoms with Crippen molar-refractivity contribution in [3.05, 3.63) is 0 Å². The number of morpholine rings is 1. The molecule has 0 spiro atoms. The van der Waals surface area contributed by atoms with Crippen molar-refractivity contribution in [2.45, 2.75) is 37.4 Å². The summed E-state index contributed by atoms with van der Waals surface area (Å²) in [6.07, 6.45) is 2.67. The first-order chi connectivity index (χ1) is 11.8. The monoisotopic (exact) mass is 374 g/mol. The molecule has 2 amide bonds. The summed E-state index contributed by atoms with van der Waals surface area (Å²) in [5.74, 6) is 0.0512. The Kier molecular flexibility index (Phi) is 5.62. The van der Waals surface area contributed by atoms with Crippen LogP contribution in [0, 0.1) is 0 Å². The number of sulfonamides is 1. The summed E-state index contributed by atoms with van der Waals surface area (Å²) in [6, 6.07) is -0.531. The Hall–Kier alpha value is -1.23. The van der Waals surface area contributed by atoms with Gasteiger partial charge in [0.2, 0.25) is 21.8 Å². The van der Waals surface area contributed by atoms with Crippen LogP contribution in [0.2, 0.25) is 0 Å². The van der Waals surface area contributed by atoms with Crippen LogP contribution in [0.5, 0.6) is 0 Å². The van der Waals surface area contributed by atoms with Crippen molar-refractivity contribution in [1.29, 1.82) is 0 Å². The quantitative estimate of drug-likeness (QED) is 0.583. The molecule has 0 aromatic heterocycles. The van der Waals surface area contributed by atoms with E-state index in [1.54, 1.807) is 0 Å². The van der Waals surface area contributed by atoms with Gasteiger partial charge in [-0.3, -0.25) is 14.5 Å². The molecular weight excluding hydrogens is 348 g/mol. The van der Waals surface area contributed by atoms with Crippen LogP contribution in [0.3, 0.4) is 0 Å². The molecule has 0 radical (unpaired) electrons. The fraction of sp³-hybridized carbons (Fsp3) is 0.867. The summed E-state index contributed by atoms with van der Waals surface area (Å²) in [4.78, 5) is 28.3. The molecule has 3 unspecified atom stereocenters. The van der Waals surface area contributed by atoms with Crippen LogP contribution < -0.4 is 10.0 Å². The lowest BCUT2D eigenvalue weighted by atomic mass is 10.0. The minimum atomic E-state index is -3.31. The Labute approximate surface area is 148 Å². The van der Waals surface area contributed by atoms with Gasteiger partial charge in [-0.05, 0) is 12.8 Å². The summed E-state index contributed by atoms with van der Waals surface area (Å²) >= 11 is 0. The third-order valence-electron chi connectivity index (χ3n) is 5.06. The minimum Gasteiger partial charge on any atom is -0.378 e. The first kappa shape index (κ1) is 18.6. The summed E-state index contributed by atoms with van der Waals surface area (Å²) in [5.41, 5.74) is 0. The van der Waals surface area contributed by atoms with Crippen LogP contribution in [0.1, 0.15) is 19.3 Å². The highest BCUT2D eigenvalue weighted by molar-refractivity contribution is 7.88. The third kappa shape index (κ3) is 4.69. The molecule has 0 aliphatic carbocycles. The highest BCUT2D eigenvalue weighted by Crippen LogP contribution is 2.26. The Bertz CT molecular complexity index is 619. The highest BCUT2D eigenvalue weighted by Gasteiger charge is 2.44. The maximum Gasteiger partial charge on any atom is 0.237 e. The minimum absolute atomic E-state index is 0.0547. The molecule has 0 aromatic rings. The van der Waals surface area contributed by atoms with Crippen molar-refractivity contribution in [1.82, 2.24) is 19.8 Å². The van der Waals surface area contributed by atoms with Gasteiger partial charge in [-0.15, -0.1) is 0 Å². The lowest BCUT2D eigenvalue weighted by Crippen LogP contribution is -2.58. The maximum absolute atomic E-state index is 12.3. The zero-order valence-corrected chi connectivity index (χ0v) is 15.3. The normalized spacial score (nSPS) is 30.8. The van der Waals surface area contributed by atoms with Crippen LogP contribution in [0.25, 0.3) is 0 Å². The van der Waals surface area contributed by atoms with E-state index < -0.39 is 10.0 Å². The summed E-state index contributed by atoms with van der Waals surface area (Å²) < 4.78 is 30.8. The Balaban J connectivity index is 1.56. The topological polar surface area (TPSA) is 108 Å². The molecule has 3 fully saturated rings. The Morgan fingerprint density at radius 1 is 1.36 bits per heavy atom. The maximum atomic E-state index is 12.3. The molecule has 3 aliphatic rings. The molecule has 0 saturated carbocycles.